The van der Waals surface area contributed by atoms with Gasteiger partial charge in [0, 0.05) is 24.1 Å². The Balaban J connectivity index is 1.81. The highest BCUT2D eigenvalue weighted by Crippen LogP contribution is 2.33. The minimum atomic E-state index is -0.910. The third-order valence-electron chi connectivity index (χ3n) is 5.29. The number of rotatable bonds is 3. The second-order valence-corrected chi connectivity index (χ2v) is 7.40. The number of Topliss-reactive ketones (excluding diaryl/α,β-unsaturated/α-hetero) is 1. The van der Waals surface area contributed by atoms with E-state index in [4.69, 9.17) is 0 Å². The quantitative estimate of drug-likeness (QED) is 0.654. The van der Waals surface area contributed by atoms with E-state index in [2.05, 4.69) is 10.3 Å². The van der Waals surface area contributed by atoms with Gasteiger partial charge < -0.3 is 0 Å². The summed E-state index contributed by atoms with van der Waals surface area (Å²) in [6.45, 7) is 4.05. The van der Waals surface area contributed by atoms with Crippen molar-refractivity contribution in [3.63, 3.8) is 0 Å². The molecule has 2 aromatic carbocycles. The largest absolute Gasteiger partial charge is 0.292 e. The summed E-state index contributed by atoms with van der Waals surface area (Å²) in [5.74, 6) is -2.26. The van der Waals surface area contributed by atoms with Gasteiger partial charge in [-0.1, -0.05) is 37.3 Å². The maximum Gasteiger partial charge on any atom is 0.185 e. The van der Waals surface area contributed by atoms with E-state index in [-0.39, 0.29) is 34.6 Å². The summed E-state index contributed by atoms with van der Waals surface area (Å²) in [4.78, 5) is 12.3. The molecule has 0 radical (unpaired) electrons. The fourth-order valence-corrected chi connectivity index (χ4v) is 3.64. The number of carbonyl (C=O) groups is 1. The highest BCUT2D eigenvalue weighted by Gasteiger charge is 2.32. The van der Waals surface area contributed by atoms with Crippen molar-refractivity contribution in [2.45, 2.75) is 26.7 Å². The van der Waals surface area contributed by atoms with E-state index < -0.39 is 23.0 Å². The molecule has 1 aliphatic rings. The van der Waals surface area contributed by atoms with Crippen molar-refractivity contribution >= 4 is 5.78 Å². The number of hydrogen-bond donors (Lipinski definition) is 0. The molecule has 0 fully saturated rings. The van der Waals surface area contributed by atoms with Crippen LogP contribution in [0.3, 0.4) is 0 Å². The van der Waals surface area contributed by atoms with Gasteiger partial charge >= 0.3 is 0 Å². The van der Waals surface area contributed by atoms with Gasteiger partial charge in [0.25, 0.3) is 0 Å². The van der Waals surface area contributed by atoms with Crippen molar-refractivity contribution in [3.8, 4) is 16.8 Å². The Morgan fingerprint density at radius 2 is 1.71 bits per heavy atom. The van der Waals surface area contributed by atoms with E-state index in [1.807, 2.05) is 13.8 Å². The molecule has 0 bridgehead atoms. The predicted molar refractivity (Wildman–Crippen MR) is 97.6 cm³/mol. The first-order valence-electron chi connectivity index (χ1n) is 9.09. The third kappa shape index (κ3) is 3.00. The summed E-state index contributed by atoms with van der Waals surface area (Å²) in [5, 5.41) is 7.87. The van der Waals surface area contributed by atoms with E-state index >= 15 is 0 Å². The molecule has 1 heterocycles. The molecule has 0 saturated heterocycles. The Bertz CT molecular complexity index is 1050. The molecule has 0 saturated carbocycles. The second kappa shape index (κ2) is 6.89. The molecule has 0 amide bonds. The lowest BCUT2D eigenvalue weighted by molar-refractivity contribution is 0.0927. The van der Waals surface area contributed by atoms with E-state index in [0.29, 0.717) is 18.5 Å². The average Bonchev–Trinajstić information content (AvgIpc) is 3.07. The maximum absolute atomic E-state index is 14.7. The molecule has 0 aliphatic heterocycles. The van der Waals surface area contributed by atoms with Gasteiger partial charge in [0.2, 0.25) is 0 Å². The standard InChI is InChI=1S/C21H18F3N3O/c1-11(2)12-7-18-21(19(28)8-12)25-26-27(18)13-9-16(23)20(17(24)10-13)14-5-3-4-6-15(14)22/h3-6,9-12H,7-8H2,1-2H3. The predicted octanol–water partition coefficient (Wildman–Crippen LogP) is 4.75. The topological polar surface area (TPSA) is 47.8 Å². The van der Waals surface area contributed by atoms with Crippen LogP contribution < -0.4 is 0 Å². The zero-order valence-corrected chi connectivity index (χ0v) is 15.4. The summed E-state index contributed by atoms with van der Waals surface area (Å²) in [7, 11) is 0. The fourth-order valence-electron chi connectivity index (χ4n) is 3.64. The van der Waals surface area contributed by atoms with Crippen LogP contribution in [0, 0.1) is 29.3 Å². The molecule has 0 N–H and O–H groups in total. The van der Waals surface area contributed by atoms with Crippen molar-refractivity contribution < 1.29 is 18.0 Å². The molecular formula is C21H18F3N3O. The number of aromatic nitrogens is 3. The van der Waals surface area contributed by atoms with E-state index in [1.54, 1.807) is 0 Å². The van der Waals surface area contributed by atoms with Crippen LogP contribution in [0.5, 0.6) is 0 Å². The van der Waals surface area contributed by atoms with Gasteiger partial charge in [-0.25, -0.2) is 17.9 Å². The molecule has 1 aliphatic carbocycles. The Hall–Kier alpha value is -2.96. The number of nitrogens with zero attached hydrogens (tertiary/aromatic N) is 3. The summed E-state index contributed by atoms with van der Waals surface area (Å²) in [5.41, 5.74) is 0.316. The number of fused-ring (bicyclic) bond motifs is 1. The van der Waals surface area contributed by atoms with Crippen LogP contribution in [0.25, 0.3) is 16.8 Å². The summed E-state index contributed by atoms with van der Waals surface area (Å²) < 4.78 is 44.8. The van der Waals surface area contributed by atoms with Gasteiger partial charge in [0.15, 0.2) is 11.5 Å². The average molecular weight is 385 g/mol. The van der Waals surface area contributed by atoms with Crippen LogP contribution >= 0.6 is 0 Å². The molecule has 4 nitrogen and oxygen atoms in total. The first-order valence-corrected chi connectivity index (χ1v) is 9.09. The number of ketones is 1. The smallest absolute Gasteiger partial charge is 0.185 e. The summed E-state index contributed by atoms with van der Waals surface area (Å²) >= 11 is 0. The second-order valence-electron chi connectivity index (χ2n) is 7.40. The number of benzene rings is 2. The zero-order chi connectivity index (χ0) is 20.0. The van der Waals surface area contributed by atoms with Gasteiger partial charge in [-0.2, -0.15) is 0 Å². The minimum absolute atomic E-state index is 0.112. The number of hydrogen-bond acceptors (Lipinski definition) is 3. The third-order valence-corrected chi connectivity index (χ3v) is 5.29. The van der Waals surface area contributed by atoms with Crippen LogP contribution in [0.15, 0.2) is 36.4 Å². The first kappa shape index (κ1) is 18.4. The lowest BCUT2D eigenvalue weighted by Gasteiger charge is -2.24. The monoisotopic (exact) mass is 385 g/mol. The van der Waals surface area contributed by atoms with E-state index in [9.17, 15) is 18.0 Å². The van der Waals surface area contributed by atoms with E-state index in [0.717, 1.165) is 18.2 Å². The van der Waals surface area contributed by atoms with Crippen LogP contribution in [-0.2, 0) is 6.42 Å². The van der Waals surface area contributed by atoms with Gasteiger partial charge in [-0.05, 0) is 24.3 Å². The lowest BCUT2D eigenvalue weighted by Crippen LogP contribution is -2.25. The van der Waals surface area contributed by atoms with Crippen LogP contribution in [0.2, 0.25) is 0 Å². The molecule has 1 aromatic heterocycles. The highest BCUT2D eigenvalue weighted by atomic mass is 19.1. The molecule has 7 heteroatoms. The van der Waals surface area contributed by atoms with Gasteiger partial charge in [0.05, 0.1) is 16.9 Å². The SMILES string of the molecule is CC(C)C1CC(=O)c2nnn(-c3cc(F)c(-c4ccccc4F)c(F)c3)c2C1. The Morgan fingerprint density at radius 1 is 1.04 bits per heavy atom. The summed E-state index contributed by atoms with van der Waals surface area (Å²) in [6.07, 6.45) is 0.933. The number of carbonyl (C=O) groups excluding carboxylic acids is 1. The van der Waals surface area contributed by atoms with Crippen molar-refractivity contribution in [1.82, 2.24) is 15.0 Å². The zero-order valence-electron chi connectivity index (χ0n) is 15.4. The molecule has 0 spiro atoms. The van der Waals surface area contributed by atoms with Crippen molar-refractivity contribution in [2.24, 2.45) is 11.8 Å². The van der Waals surface area contributed by atoms with Gasteiger partial charge in [-0.3, -0.25) is 4.79 Å². The highest BCUT2D eigenvalue weighted by molar-refractivity contribution is 5.96. The maximum atomic E-state index is 14.7. The van der Waals surface area contributed by atoms with E-state index in [1.165, 1.54) is 22.9 Å². The van der Waals surface area contributed by atoms with Crippen LogP contribution in [-0.4, -0.2) is 20.8 Å². The molecule has 1 unspecified atom stereocenters. The van der Waals surface area contributed by atoms with Crippen molar-refractivity contribution in [1.29, 1.82) is 0 Å². The Morgan fingerprint density at radius 3 is 2.36 bits per heavy atom. The minimum Gasteiger partial charge on any atom is -0.292 e. The lowest BCUT2D eigenvalue weighted by atomic mass is 9.81. The first-order chi connectivity index (χ1) is 13.4. The number of halogens is 3. The van der Waals surface area contributed by atoms with Crippen LogP contribution in [0.1, 0.15) is 36.5 Å². The molecule has 4 rings (SSSR count). The Labute approximate surface area is 160 Å². The Kier molecular flexibility index (Phi) is 4.53. The fraction of sp³-hybridized carbons (Fsp3) is 0.286. The normalized spacial score (nSPS) is 16.5. The van der Waals surface area contributed by atoms with Gasteiger partial charge in [0.1, 0.15) is 17.5 Å². The molecule has 3 aromatic rings. The van der Waals surface area contributed by atoms with Crippen molar-refractivity contribution in [2.75, 3.05) is 0 Å². The van der Waals surface area contributed by atoms with Crippen molar-refractivity contribution in [3.05, 3.63) is 65.2 Å². The molecule has 144 valence electrons. The molecular weight excluding hydrogens is 367 g/mol. The summed E-state index contributed by atoms with van der Waals surface area (Å²) in [6, 6.07) is 7.60. The van der Waals surface area contributed by atoms with Crippen LogP contribution in [0.4, 0.5) is 13.2 Å². The van der Waals surface area contributed by atoms with Gasteiger partial charge in [-0.15, -0.1) is 5.10 Å². The molecule has 1 atom stereocenters. The molecule has 28 heavy (non-hydrogen) atoms.